The quantitative estimate of drug-likeness (QED) is 0.873. The van der Waals surface area contributed by atoms with Gasteiger partial charge in [-0.3, -0.25) is 4.79 Å². The van der Waals surface area contributed by atoms with E-state index in [-0.39, 0.29) is 5.56 Å². The average Bonchev–Trinajstić information content (AvgIpc) is 2.38. The summed E-state index contributed by atoms with van der Waals surface area (Å²) in [6.07, 6.45) is 7.87. The first-order chi connectivity index (χ1) is 8.22. The van der Waals surface area contributed by atoms with Crippen LogP contribution in [0.4, 0.5) is 0 Å². The van der Waals surface area contributed by atoms with Gasteiger partial charge in [0.2, 0.25) is 0 Å². The Labute approximate surface area is 103 Å². The molecule has 0 aliphatic heterocycles. The number of aromatic nitrogens is 2. The standard InChI is InChI=1S/C14H22N2O/c1-3-10(2)11-6-4-5-7-12(11)14-15-9-8-13(17)16-14/h8-12H,3-7H2,1-2H3,(H,15,16,17)/t10-,11-,12?/m0/s1. The van der Waals surface area contributed by atoms with Gasteiger partial charge in [-0.1, -0.05) is 33.1 Å². The van der Waals surface area contributed by atoms with E-state index in [0.29, 0.717) is 17.8 Å². The minimum Gasteiger partial charge on any atom is -0.310 e. The third-order valence-corrected chi connectivity index (χ3v) is 4.24. The summed E-state index contributed by atoms with van der Waals surface area (Å²) in [5.41, 5.74) is -0.0246. The van der Waals surface area contributed by atoms with E-state index in [1.807, 2.05) is 0 Å². The molecule has 1 aromatic heterocycles. The zero-order chi connectivity index (χ0) is 12.3. The molecule has 0 aromatic carbocycles. The molecule has 1 N–H and O–H groups in total. The molecule has 2 rings (SSSR count). The van der Waals surface area contributed by atoms with Crippen molar-refractivity contribution in [1.82, 2.24) is 9.97 Å². The van der Waals surface area contributed by atoms with E-state index in [4.69, 9.17) is 0 Å². The van der Waals surface area contributed by atoms with E-state index in [1.54, 1.807) is 6.20 Å². The number of nitrogens with one attached hydrogen (secondary N) is 1. The number of hydrogen-bond acceptors (Lipinski definition) is 2. The molecule has 17 heavy (non-hydrogen) atoms. The lowest BCUT2D eigenvalue weighted by Gasteiger charge is -2.34. The third-order valence-electron chi connectivity index (χ3n) is 4.24. The summed E-state index contributed by atoms with van der Waals surface area (Å²) in [5.74, 6) is 2.75. The summed E-state index contributed by atoms with van der Waals surface area (Å²) >= 11 is 0. The van der Waals surface area contributed by atoms with Gasteiger partial charge in [0.15, 0.2) is 0 Å². The second kappa shape index (κ2) is 5.48. The van der Waals surface area contributed by atoms with Crippen molar-refractivity contribution >= 4 is 0 Å². The van der Waals surface area contributed by atoms with Gasteiger partial charge in [0, 0.05) is 18.2 Å². The smallest absolute Gasteiger partial charge is 0.250 e. The Morgan fingerprint density at radius 3 is 2.94 bits per heavy atom. The molecule has 0 bridgehead atoms. The van der Waals surface area contributed by atoms with Crippen LogP contribution in [0.2, 0.25) is 0 Å². The highest BCUT2D eigenvalue weighted by atomic mass is 16.1. The Bertz CT molecular complexity index is 413. The van der Waals surface area contributed by atoms with E-state index in [9.17, 15) is 4.79 Å². The van der Waals surface area contributed by atoms with Gasteiger partial charge in [-0.2, -0.15) is 0 Å². The van der Waals surface area contributed by atoms with Crippen molar-refractivity contribution in [3.8, 4) is 0 Å². The third kappa shape index (κ3) is 2.76. The Morgan fingerprint density at radius 2 is 2.24 bits per heavy atom. The van der Waals surface area contributed by atoms with Gasteiger partial charge in [-0.25, -0.2) is 4.98 Å². The van der Waals surface area contributed by atoms with Crippen LogP contribution in [0.1, 0.15) is 57.7 Å². The molecule has 3 heteroatoms. The molecule has 1 aromatic rings. The molecule has 94 valence electrons. The van der Waals surface area contributed by atoms with E-state index in [2.05, 4.69) is 23.8 Å². The first kappa shape index (κ1) is 12.3. The Balaban J connectivity index is 2.24. The second-order valence-electron chi connectivity index (χ2n) is 5.26. The molecule has 3 nitrogen and oxygen atoms in total. The first-order valence-corrected chi connectivity index (χ1v) is 6.77. The Kier molecular flexibility index (Phi) is 3.97. The lowest BCUT2D eigenvalue weighted by molar-refractivity contribution is 0.214. The molecule has 1 saturated carbocycles. The predicted octanol–water partition coefficient (Wildman–Crippen LogP) is 3.09. The molecular weight excluding hydrogens is 212 g/mol. The largest absolute Gasteiger partial charge is 0.310 e. The summed E-state index contributed by atoms with van der Waals surface area (Å²) < 4.78 is 0. The van der Waals surface area contributed by atoms with Gasteiger partial charge < -0.3 is 4.98 Å². The molecular formula is C14H22N2O. The van der Waals surface area contributed by atoms with Crippen LogP contribution in [-0.4, -0.2) is 9.97 Å². The van der Waals surface area contributed by atoms with E-state index in [0.717, 1.165) is 5.82 Å². The van der Waals surface area contributed by atoms with E-state index < -0.39 is 0 Å². The average molecular weight is 234 g/mol. The maximum atomic E-state index is 11.4. The minimum atomic E-state index is -0.0246. The van der Waals surface area contributed by atoms with Crippen LogP contribution in [0.3, 0.4) is 0 Å². The molecule has 1 heterocycles. The van der Waals surface area contributed by atoms with Gasteiger partial charge in [-0.05, 0) is 24.7 Å². The molecule has 1 unspecified atom stereocenters. The number of nitrogens with zero attached hydrogens (tertiary/aromatic N) is 1. The number of aromatic amines is 1. The fourth-order valence-electron chi connectivity index (χ4n) is 3.06. The topological polar surface area (TPSA) is 45.8 Å². The minimum absolute atomic E-state index is 0.0246. The fraction of sp³-hybridized carbons (Fsp3) is 0.714. The summed E-state index contributed by atoms with van der Waals surface area (Å²) in [6, 6.07) is 1.49. The van der Waals surface area contributed by atoms with Gasteiger partial charge in [0.25, 0.3) is 5.56 Å². The van der Waals surface area contributed by atoms with Crippen molar-refractivity contribution in [1.29, 1.82) is 0 Å². The molecule has 1 fully saturated rings. The van der Waals surface area contributed by atoms with Crippen molar-refractivity contribution in [3.05, 3.63) is 28.4 Å². The molecule has 0 radical (unpaired) electrons. The molecule has 0 spiro atoms. The van der Waals surface area contributed by atoms with E-state index in [1.165, 1.54) is 38.2 Å². The highest BCUT2D eigenvalue weighted by molar-refractivity contribution is 5.02. The van der Waals surface area contributed by atoms with Crippen molar-refractivity contribution in [3.63, 3.8) is 0 Å². The highest BCUT2D eigenvalue weighted by Gasteiger charge is 2.31. The maximum absolute atomic E-state index is 11.4. The SMILES string of the molecule is CC[C@H](C)[C@@H]1CCCCC1c1nccc(=O)[nH]1. The zero-order valence-electron chi connectivity index (χ0n) is 10.8. The Hall–Kier alpha value is -1.12. The second-order valence-corrected chi connectivity index (χ2v) is 5.26. The van der Waals surface area contributed by atoms with Crippen LogP contribution < -0.4 is 5.56 Å². The molecule has 0 saturated heterocycles. The van der Waals surface area contributed by atoms with Crippen molar-refractivity contribution in [2.75, 3.05) is 0 Å². The molecule has 3 atom stereocenters. The van der Waals surface area contributed by atoms with Crippen LogP contribution >= 0.6 is 0 Å². The first-order valence-electron chi connectivity index (χ1n) is 6.77. The van der Waals surface area contributed by atoms with Crippen molar-refractivity contribution < 1.29 is 0 Å². The van der Waals surface area contributed by atoms with Crippen LogP contribution in [0.15, 0.2) is 17.1 Å². The van der Waals surface area contributed by atoms with Gasteiger partial charge in [-0.15, -0.1) is 0 Å². The van der Waals surface area contributed by atoms with Crippen molar-refractivity contribution in [2.45, 2.75) is 51.9 Å². The fourth-order valence-corrected chi connectivity index (χ4v) is 3.06. The summed E-state index contributed by atoms with van der Waals surface area (Å²) in [4.78, 5) is 18.7. The lowest BCUT2D eigenvalue weighted by atomic mass is 9.72. The Morgan fingerprint density at radius 1 is 1.47 bits per heavy atom. The van der Waals surface area contributed by atoms with Gasteiger partial charge in [0.1, 0.15) is 5.82 Å². The highest BCUT2D eigenvalue weighted by Crippen LogP contribution is 2.41. The maximum Gasteiger partial charge on any atom is 0.250 e. The monoisotopic (exact) mass is 234 g/mol. The van der Waals surface area contributed by atoms with Gasteiger partial charge >= 0.3 is 0 Å². The number of H-pyrrole nitrogens is 1. The summed E-state index contributed by atoms with van der Waals surface area (Å²) in [5, 5.41) is 0. The van der Waals surface area contributed by atoms with Crippen LogP contribution in [0.25, 0.3) is 0 Å². The van der Waals surface area contributed by atoms with Crippen molar-refractivity contribution in [2.24, 2.45) is 11.8 Å². The molecule has 0 amide bonds. The van der Waals surface area contributed by atoms with Crippen LogP contribution in [-0.2, 0) is 0 Å². The van der Waals surface area contributed by atoms with Gasteiger partial charge in [0.05, 0.1) is 0 Å². The zero-order valence-corrected chi connectivity index (χ0v) is 10.8. The molecule has 1 aliphatic carbocycles. The van der Waals surface area contributed by atoms with Crippen LogP contribution in [0.5, 0.6) is 0 Å². The predicted molar refractivity (Wildman–Crippen MR) is 69.0 cm³/mol. The normalized spacial score (nSPS) is 26.7. The number of rotatable bonds is 3. The van der Waals surface area contributed by atoms with Crippen LogP contribution in [0, 0.1) is 11.8 Å². The summed E-state index contributed by atoms with van der Waals surface area (Å²) in [7, 11) is 0. The summed E-state index contributed by atoms with van der Waals surface area (Å²) in [6.45, 7) is 4.57. The lowest BCUT2D eigenvalue weighted by Crippen LogP contribution is -2.26. The van der Waals surface area contributed by atoms with E-state index >= 15 is 0 Å². The molecule has 1 aliphatic rings. The number of hydrogen-bond donors (Lipinski definition) is 1.